The molecule has 0 atom stereocenters. The lowest BCUT2D eigenvalue weighted by Gasteiger charge is -2.22. The van der Waals surface area contributed by atoms with E-state index in [0.717, 1.165) is 11.4 Å². The Morgan fingerprint density at radius 2 is 2.05 bits per heavy atom. The molecule has 0 aliphatic carbocycles. The minimum Gasteiger partial charge on any atom is -0.351 e. The number of hydrogen-bond donors (Lipinski definition) is 0. The van der Waals surface area contributed by atoms with Gasteiger partial charge in [0.2, 0.25) is 0 Å². The molecule has 0 saturated carbocycles. The Kier molecular flexibility index (Phi) is 4.64. The standard InChI is InChI=1S/C15H13N5/c16-6-2-8-20(12-14-3-1-7-18-10-14)15-5-4-13(9-17)11-19-15/h1,3-5,7,10-11H,2,8,12H2. The third-order valence-corrected chi connectivity index (χ3v) is 2.79. The van der Waals surface area contributed by atoms with Crippen molar-refractivity contribution in [1.29, 1.82) is 10.5 Å². The molecule has 20 heavy (non-hydrogen) atoms. The van der Waals surface area contributed by atoms with Crippen molar-refractivity contribution < 1.29 is 0 Å². The molecule has 0 saturated heterocycles. The van der Waals surface area contributed by atoms with Crippen LogP contribution in [-0.4, -0.2) is 16.5 Å². The van der Waals surface area contributed by atoms with Crippen molar-refractivity contribution in [3.05, 3.63) is 54.0 Å². The first-order chi connectivity index (χ1) is 9.83. The quantitative estimate of drug-likeness (QED) is 0.827. The maximum Gasteiger partial charge on any atom is 0.128 e. The minimum atomic E-state index is 0.419. The third kappa shape index (κ3) is 3.54. The Labute approximate surface area is 117 Å². The van der Waals surface area contributed by atoms with Crippen LogP contribution in [0.4, 0.5) is 5.82 Å². The molecule has 0 aliphatic rings. The first kappa shape index (κ1) is 13.5. The maximum absolute atomic E-state index is 8.79. The van der Waals surface area contributed by atoms with Crippen LogP contribution < -0.4 is 4.90 Å². The highest BCUT2D eigenvalue weighted by Gasteiger charge is 2.08. The molecule has 2 aromatic heterocycles. The zero-order chi connectivity index (χ0) is 14.2. The summed E-state index contributed by atoms with van der Waals surface area (Å²) in [6.45, 7) is 1.22. The van der Waals surface area contributed by atoms with Crippen LogP contribution in [0.5, 0.6) is 0 Å². The van der Waals surface area contributed by atoms with Crippen LogP contribution in [0.3, 0.4) is 0 Å². The molecule has 2 heterocycles. The SMILES string of the molecule is N#CCCN(Cc1cccnc1)c1ccc(C#N)cn1. The van der Waals surface area contributed by atoms with Crippen molar-refractivity contribution in [2.24, 2.45) is 0 Å². The smallest absolute Gasteiger partial charge is 0.128 e. The fraction of sp³-hybridized carbons (Fsp3) is 0.200. The highest BCUT2D eigenvalue weighted by atomic mass is 15.2. The molecule has 5 nitrogen and oxygen atoms in total. The van der Waals surface area contributed by atoms with Gasteiger partial charge in [0, 0.05) is 31.7 Å². The molecule has 0 bridgehead atoms. The van der Waals surface area contributed by atoms with Crippen LogP contribution in [0.15, 0.2) is 42.9 Å². The summed E-state index contributed by atoms with van der Waals surface area (Å²) in [7, 11) is 0. The number of nitriles is 2. The van der Waals surface area contributed by atoms with Gasteiger partial charge in [0.1, 0.15) is 11.9 Å². The highest BCUT2D eigenvalue weighted by molar-refractivity contribution is 5.42. The average Bonchev–Trinajstić information content (AvgIpc) is 2.52. The van der Waals surface area contributed by atoms with Crippen molar-refractivity contribution in [3.8, 4) is 12.1 Å². The van der Waals surface area contributed by atoms with Crippen molar-refractivity contribution in [2.75, 3.05) is 11.4 Å². The number of anilines is 1. The molecule has 0 aromatic carbocycles. The summed E-state index contributed by atoms with van der Waals surface area (Å²) < 4.78 is 0. The van der Waals surface area contributed by atoms with Gasteiger partial charge >= 0.3 is 0 Å². The van der Waals surface area contributed by atoms with Gasteiger partial charge in [-0.15, -0.1) is 0 Å². The average molecular weight is 263 g/mol. The zero-order valence-electron chi connectivity index (χ0n) is 10.9. The summed E-state index contributed by atoms with van der Waals surface area (Å²) in [5.41, 5.74) is 1.58. The number of aromatic nitrogens is 2. The van der Waals surface area contributed by atoms with Crippen LogP contribution in [0.1, 0.15) is 17.5 Å². The van der Waals surface area contributed by atoms with Crippen LogP contribution in [0, 0.1) is 22.7 Å². The monoisotopic (exact) mass is 263 g/mol. The number of rotatable bonds is 5. The Morgan fingerprint density at radius 1 is 1.15 bits per heavy atom. The summed E-state index contributed by atoms with van der Waals surface area (Å²) in [4.78, 5) is 10.4. The van der Waals surface area contributed by atoms with Gasteiger partial charge in [0.05, 0.1) is 18.1 Å². The molecule has 0 N–H and O–H groups in total. The minimum absolute atomic E-state index is 0.419. The molecule has 2 aromatic rings. The van der Waals surface area contributed by atoms with Crippen LogP contribution >= 0.6 is 0 Å². The Bertz CT molecular complexity index is 622. The lowest BCUT2D eigenvalue weighted by atomic mass is 10.2. The second-order valence-electron chi connectivity index (χ2n) is 4.21. The molecule has 0 unspecified atom stereocenters. The lowest BCUT2D eigenvalue weighted by Crippen LogP contribution is -2.24. The predicted molar refractivity (Wildman–Crippen MR) is 74.5 cm³/mol. The summed E-state index contributed by atoms with van der Waals surface area (Å²) >= 11 is 0. The van der Waals surface area contributed by atoms with Crippen molar-refractivity contribution in [3.63, 3.8) is 0 Å². The largest absolute Gasteiger partial charge is 0.351 e. The molecular formula is C15H13N5. The van der Waals surface area contributed by atoms with Gasteiger partial charge in [0.15, 0.2) is 0 Å². The highest BCUT2D eigenvalue weighted by Crippen LogP contribution is 2.15. The molecule has 98 valence electrons. The van der Waals surface area contributed by atoms with Crippen LogP contribution in [0.25, 0.3) is 0 Å². The second kappa shape index (κ2) is 6.86. The fourth-order valence-electron chi connectivity index (χ4n) is 1.81. The number of pyridine rings is 2. The number of nitrogens with zero attached hydrogens (tertiary/aromatic N) is 5. The zero-order valence-corrected chi connectivity index (χ0v) is 10.9. The maximum atomic E-state index is 8.79. The summed E-state index contributed by atoms with van der Waals surface area (Å²) in [6, 6.07) is 11.6. The molecular weight excluding hydrogens is 250 g/mol. The van der Waals surface area contributed by atoms with E-state index in [9.17, 15) is 0 Å². The second-order valence-corrected chi connectivity index (χ2v) is 4.21. The topological polar surface area (TPSA) is 76.6 Å². The van der Waals surface area contributed by atoms with E-state index in [1.165, 1.54) is 6.20 Å². The van der Waals surface area contributed by atoms with Gasteiger partial charge in [-0.2, -0.15) is 10.5 Å². The Hall–Kier alpha value is -2.92. The molecule has 0 amide bonds. The van der Waals surface area contributed by atoms with Crippen LogP contribution in [0.2, 0.25) is 0 Å². The van der Waals surface area contributed by atoms with Crippen molar-refractivity contribution in [2.45, 2.75) is 13.0 Å². The summed E-state index contributed by atoms with van der Waals surface area (Å²) in [5.74, 6) is 0.753. The van der Waals surface area contributed by atoms with E-state index in [4.69, 9.17) is 10.5 Å². The first-order valence-corrected chi connectivity index (χ1v) is 6.20. The van der Waals surface area contributed by atoms with E-state index < -0.39 is 0 Å². The van der Waals surface area contributed by atoms with Gasteiger partial charge in [0.25, 0.3) is 0 Å². The lowest BCUT2D eigenvalue weighted by molar-refractivity contribution is 0.780. The molecule has 0 fully saturated rings. The Morgan fingerprint density at radius 3 is 2.65 bits per heavy atom. The summed E-state index contributed by atoms with van der Waals surface area (Å²) in [6.07, 6.45) is 5.48. The van der Waals surface area contributed by atoms with Crippen LogP contribution in [-0.2, 0) is 6.54 Å². The van der Waals surface area contributed by atoms with Gasteiger partial charge in [-0.3, -0.25) is 4.98 Å². The fourth-order valence-corrected chi connectivity index (χ4v) is 1.81. The Balaban J connectivity index is 2.18. The van der Waals surface area contributed by atoms with Gasteiger partial charge in [-0.25, -0.2) is 4.98 Å². The van der Waals surface area contributed by atoms with E-state index in [0.29, 0.717) is 25.1 Å². The van der Waals surface area contributed by atoms with Gasteiger partial charge in [-0.05, 0) is 23.8 Å². The van der Waals surface area contributed by atoms with E-state index in [1.807, 2.05) is 23.1 Å². The molecule has 5 heteroatoms. The molecule has 0 spiro atoms. The summed E-state index contributed by atoms with van der Waals surface area (Å²) in [5, 5.41) is 17.5. The number of hydrogen-bond acceptors (Lipinski definition) is 5. The predicted octanol–water partition coefficient (Wildman–Crippen LogP) is 2.27. The normalized spacial score (nSPS) is 9.50. The van der Waals surface area contributed by atoms with Gasteiger partial charge in [-0.1, -0.05) is 6.07 Å². The van der Waals surface area contributed by atoms with Gasteiger partial charge < -0.3 is 4.90 Å². The van der Waals surface area contributed by atoms with Crippen molar-refractivity contribution >= 4 is 5.82 Å². The van der Waals surface area contributed by atoms with E-state index in [2.05, 4.69) is 16.0 Å². The van der Waals surface area contributed by atoms with E-state index in [-0.39, 0.29) is 0 Å². The molecule has 0 radical (unpaired) electrons. The molecule has 0 aliphatic heterocycles. The van der Waals surface area contributed by atoms with E-state index in [1.54, 1.807) is 24.5 Å². The van der Waals surface area contributed by atoms with Crippen molar-refractivity contribution in [1.82, 2.24) is 9.97 Å². The third-order valence-electron chi connectivity index (χ3n) is 2.79. The molecule has 2 rings (SSSR count). The first-order valence-electron chi connectivity index (χ1n) is 6.20. The van der Waals surface area contributed by atoms with E-state index >= 15 is 0 Å².